The predicted octanol–water partition coefficient (Wildman–Crippen LogP) is -1.30. The summed E-state index contributed by atoms with van der Waals surface area (Å²) in [7, 11) is 0. The first-order valence-electron chi connectivity index (χ1n) is 8.50. The van der Waals surface area contributed by atoms with Crippen molar-refractivity contribution in [2.24, 2.45) is 5.92 Å². The monoisotopic (exact) mass is 350 g/mol. The number of ether oxygens (including phenoxy) is 1. The van der Waals surface area contributed by atoms with Gasteiger partial charge in [0.05, 0.1) is 25.6 Å². The maximum atomic E-state index is 12.6. The van der Waals surface area contributed by atoms with Crippen molar-refractivity contribution in [1.29, 1.82) is 0 Å². The highest BCUT2D eigenvalue weighted by molar-refractivity contribution is 5.82. The van der Waals surface area contributed by atoms with Gasteiger partial charge in [0.1, 0.15) is 0 Å². The molecular weight excluding hydrogens is 328 g/mol. The van der Waals surface area contributed by atoms with Crippen LogP contribution in [0.3, 0.4) is 0 Å². The van der Waals surface area contributed by atoms with Crippen molar-refractivity contribution < 1.29 is 14.3 Å². The van der Waals surface area contributed by atoms with Gasteiger partial charge in [-0.15, -0.1) is 0 Å². The van der Waals surface area contributed by atoms with E-state index < -0.39 is 11.2 Å². The zero-order valence-electron chi connectivity index (χ0n) is 14.0. The number of hydrogen-bond donors (Lipinski definition) is 2. The molecule has 2 N–H and O–H groups in total. The van der Waals surface area contributed by atoms with Gasteiger partial charge in [-0.25, -0.2) is 4.79 Å². The molecule has 0 aromatic carbocycles. The minimum atomic E-state index is -0.602. The Morgan fingerprint density at radius 3 is 2.64 bits per heavy atom. The molecular formula is C16H22N4O5. The molecule has 3 rings (SSSR count). The molecule has 0 aliphatic carbocycles. The van der Waals surface area contributed by atoms with Gasteiger partial charge in [0.25, 0.3) is 5.56 Å². The van der Waals surface area contributed by atoms with Crippen molar-refractivity contribution in [2.75, 3.05) is 39.4 Å². The summed E-state index contributed by atoms with van der Waals surface area (Å²) in [6.45, 7) is 3.24. The number of morpholine rings is 1. The summed E-state index contributed by atoms with van der Waals surface area (Å²) in [6.07, 6.45) is 2.69. The second kappa shape index (κ2) is 7.64. The van der Waals surface area contributed by atoms with E-state index in [1.165, 1.54) is 6.20 Å². The summed E-state index contributed by atoms with van der Waals surface area (Å²) in [5.41, 5.74) is -0.948. The minimum absolute atomic E-state index is 0.0719. The second-order valence-electron chi connectivity index (χ2n) is 6.39. The normalized spacial score (nSPS) is 21.2. The lowest BCUT2D eigenvalue weighted by molar-refractivity contribution is -0.143. The molecule has 0 saturated carbocycles. The number of aromatic amines is 2. The van der Waals surface area contributed by atoms with E-state index in [4.69, 9.17) is 4.74 Å². The van der Waals surface area contributed by atoms with E-state index in [0.717, 1.165) is 12.8 Å². The Labute approximate surface area is 144 Å². The number of likely N-dealkylation sites (tertiary alicyclic amines) is 1. The lowest BCUT2D eigenvalue weighted by Gasteiger charge is -2.36. The average molecular weight is 350 g/mol. The molecule has 9 nitrogen and oxygen atoms in total. The Bertz CT molecular complexity index is 749. The van der Waals surface area contributed by atoms with Crippen LogP contribution in [-0.2, 0) is 20.7 Å². The number of rotatable bonds is 3. The molecule has 3 heterocycles. The van der Waals surface area contributed by atoms with E-state index >= 15 is 0 Å². The molecule has 1 atom stereocenters. The first-order chi connectivity index (χ1) is 12.0. The van der Waals surface area contributed by atoms with Crippen LogP contribution in [0.4, 0.5) is 0 Å². The highest BCUT2D eigenvalue weighted by Gasteiger charge is 2.31. The first-order valence-corrected chi connectivity index (χ1v) is 8.50. The number of carbonyl (C=O) groups excluding carboxylic acids is 2. The molecule has 9 heteroatoms. The third kappa shape index (κ3) is 4.16. The topological polar surface area (TPSA) is 116 Å². The molecule has 2 fully saturated rings. The molecule has 2 amide bonds. The lowest BCUT2D eigenvalue weighted by atomic mass is 9.96. The fourth-order valence-corrected chi connectivity index (χ4v) is 3.29. The average Bonchev–Trinajstić information content (AvgIpc) is 2.64. The number of carbonyl (C=O) groups is 2. The molecule has 0 unspecified atom stereocenters. The summed E-state index contributed by atoms with van der Waals surface area (Å²) in [6, 6.07) is 0. The molecule has 1 aromatic heterocycles. The third-order valence-electron chi connectivity index (χ3n) is 4.68. The van der Waals surface area contributed by atoms with Gasteiger partial charge in [-0.2, -0.15) is 0 Å². The number of amides is 2. The molecule has 2 aliphatic heterocycles. The number of nitrogens with one attached hydrogen (secondary N) is 2. The molecule has 136 valence electrons. The fraction of sp³-hybridized carbons (Fsp3) is 0.625. The van der Waals surface area contributed by atoms with Gasteiger partial charge in [0.15, 0.2) is 0 Å². The molecule has 25 heavy (non-hydrogen) atoms. The van der Waals surface area contributed by atoms with Crippen LogP contribution in [0.5, 0.6) is 0 Å². The summed E-state index contributed by atoms with van der Waals surface area (Å²) in [5, 5.41) is 0. The zero-order chi connectivity index (χ0) is 17.8. The van der Waals surface area contributed by atoms with Crippen LogP contribution in [0.25, 0.3) is 0 Å². The quantitative estimate of drug-likeness (QED) is 0.703. The maximum absolute atomic E-state index is 12.6. The Balaban J connectivity index is 1.62. The van der Waals surface area contributed by atoms with Crippen LogP contribution >= 0.6 is 0 Å². The molecule has 0 bridgehead atoms. The molecule has 2 aliphatic rings. The van der Waals surface area contributed by atoms with E-state index in [1.807, 2.05) is 0 Å². The van der Waals surface area contributed by atoms with Gasteiger partial charge < -0.3 is 19.5 Å². The van der Waals surface area contributed by atoms with Gasteiger partial charge in [-0.1, -0.05) is 0 Å². The third-order valence-corrected chi connectivity index (χ3v) is 4.68. The van der Waals surface area contributed by atoms with Crippen LogP contribution in [0.1, 0.15) is 18.4 Å². The van der Waals surface area contributed by atoms with E-state index in [1.54, 1.807) is 9.80 Å². The smallest absolute Gasteiger partial charge is 0.325 e. The summed E-state index contributed by atoms with van der Waals surface area (Å²) in [4.78, 5) is 55.8. The van der Waals surface area contributed by atoms with E-state index in [-0.39, 0.29) is 29.7 Å². The molecule has 0 radical (unpaired) electrons. The molecule has 0 spiro atoms. The lowest BCUT2D eigenvalue weighted by Crippen LogP contribution is -2.50. The Morgan fingerprint density at radius 2 is 1.92 bits per heavy atom. The number of nitrogens with zero attached hydrogens (tertiary/aromatic N) is 2. The number of hydrogen-bond acceptors (Lipinski definition) is 5. The summed E-state index contributed by atoms with van der Waals surface area (Å²) < 4.78 is 5.27. The second-order valence-corrected chi connectivity index (χ2v) is 6.39. The summed E-state index contributed by atoms with van der Waals surface area (Å²) >= 11 is 0. The van der Waals surface area contributed by atoms with Crippen molar-refractivity contribution in [3.8, 4) is 0 Å². The Hall–Kier alpha value is -2.42. The van der Waals surface area contributed by atoms with Crippen LogP contribution in [0.15, 0.2) is 15.8 Å². The number of aromatic nitrogens is 2. The van der Waals surface area contributed by atoms with Crippen molar-refractivity contribution in [1.82, 2.24) is 19.8 Å². The van der Waals surface area contributed by atoms with Crippen LogP contribution < -0.4 is 11.2 Å². The van der Waals surface area contributed by atoms with Gasteiger partial charge >= 0.3 is 5.69 Å². The van der Waals surface area contributed by atoms with Gasteiger partial charge in [0, 0.05) is 37.9 Å². The largest absolute Gasteiger partial charge is 0.378 e. The van der Waals surface area contributed by atoms with Crippen molar-refractivity contribution in [2.45, 2.75) is 19.3 Å². The summed E-state index contributed by atoms with van der Waals surface area (Å²) in [5.74, 6) is -0.343. The zero-order valence-corrected chi connectivity index (χ0v) is 14.0. The van der Waals surface area contributed by atoms with Crippen LogP contribution in [-0.4, -0.2) is 71.0 Å². The standard InChI is InChI=1S/C16H22N4O5/c21-13(8-12-9-17-16(24)18-14(12)22)20-3-1-2-11(10-20)15(23)19-4-6-25-7-5-19/h9,11H,1-8,10H2,(H2,17,18,22,24)/t11-/m0/s1. The minimum Gasteiger partial charge on any atom is -0.378 e. The highest BCUT2D eigenvalue weighted by Crippen LogP contribution is 2.20. The van der Waals surface area contributed by atoms with E-state index in [9.17, 15) is 19.2 Å². The molecule has 2 saturated heterocycles. The van der Waals surface area contributed by atoms with Crippen molar-refractivity contribution >= 4 is 11.8 Å². The number of piperidine rings is 1. The Morgan fingerprint density at radius 1 is 1.16 bits per heavy atom. The first kappa shape index (κ1) is 17.4. The maximum Gasteiger partial charge on any atom is 0.325 e. The van der Waals surface area contributed by atoms with E-state index in [2.05, 4.69) is 9.97 Å². The Kier molecular flexibility index (Phi) is 5.32. The van der Waals surface area contributed by atoms with Gasteiger partial charge in [-0.3, -0.25) is 19.4 Å². The molecule has 1 aromatic rings. The van der Waals surface area contributed by atoms with Gasteiger partial charge in [0.2, 0.25) is 11.8 Å². The number of H-pyrrole nitrogens is 2. The predicted molar refractivity (Wildman–Crippen MR) is 88.1 cm³/mol. The van der Waals surface area contributed by atoms with Crippen molar-refractivity contribution in [3.63, 3.8) is 0 Å². The fourth-order valence-electron chi connectivity index (χ4n) is 3.29. The SMILES string of the molecule is O=C(Cc1c[nH]c(=O)[nH]c1=O)N1CCC[C@H](C(=O)N2CCOCC2)C1. The van der Waals surface area contributed by atoms with Crippen LogP contribution in [0, 0.1) is 5.92 Å². The van der Waals surface area contributed by atoms with Gasteiger partial charge in [-0.05, 0) is 12.8 Å². The van der Waals surface area contributed by atoms with Crippen molar-refractivity contribution in [3.05, 3.63) is 32.6 Å². The highest BCUT2D eigenvalue weighted by atomic mass is 16.5. The van der Waals surface area contributed by atoms with Crippen LogP contribution in [0.2, 0.25) is 0 Å². The van der Waals surface area contributed by atoms with E-state index in [0.29, 0.717) is 39.4 Å².